The molecule has 1 aliphatic rings. The topological polar surface area (TPSA) is 67.6 Å². The highest BCUT2D eigenvalue weighted by molar-refractivity contribution is 5.75. The molecule has 70 valence electrons. The van der Waals surface area contributed by atoms with Gasteiger partial charge in [-0.3, -0.25) is 4.99 Å². The Hall–Kier alpha value is -0.770. The molecule has 0 atom stereocenters. The molecule has 1 rings (SSSR count). The number of nitrogens with two attached hydrogens (primary N) is 2. The average molecular weight is 170 g/mol. The van der Waals surface area contributed by atoms with E-state index in [2.05, 4.69) is 9.89 Å². The first kappa shape index (κ1) is 9.32. The highest BCUT2D eigenvalue weighted by Crippen LogP contribution is 2.06. The van der Waals surface area contributed by atoms with E-state index in [1.807, 2.05) is 0 Å². The average Bonchev–Trinajstić information content (AvgIpc) is 2.49. The van der Waals surface area contributed by atoms with Crippen molar-refractivity contribution >= 4 is 5.96 Å². The van der Waals surface area contributed by atoms with Gasteiger partial charge < -0.3 is 16.4 Å². The van der Waals surface area contributed by atoms with Crippen LogP contribution in [0.15, 0.2) is 4.99 Å². The number of guanidine groups is 1. The number of hydrogen-bond acceptors (Lipinski definition) is 2. The molecule has 0 bridgehead atoms. The number of aliphatic imine (C=N–C) groups is 1. The second-order valence-corrected chi connectivity index (χ2v) is 3.21. The molecule has 1 fully saturated rings. The van der Waals surface area contributed by atoms with Crippen LogP contribution in [0.3, 0.4) is 0 Å². The molecule has 0 aromatic heterocycles. The third-order valence-electron chi connectivity index (χ3n) is 2.13. The lowest BCUT2D eigenvalue weighted by atomic mass is 10.4. The summed E-state index contributed by atoms with van der Waals surface area (Å²) in [5, 5.41) is 0. The first-order valence-corrected chi connectivity index (χ1v) is 4.57. The maximum Gasteiger partial charge on any atom is 0.185 e. The van der Waals surface area contributed by atoms with Crippen LogP contribution >= 0.6 is 0 Å². The standard InChI is InChI=1S/C8H18N4/c9-8(10)11-4-3-7-12-5-1-2-6-12/h1-7H2,(H4,9,10,11). The molecule has 0 aromatic carbocycles. The zero-order valence-electron chi connectivity index (χ0n) is 7.50. The molecule has 0 aromatic rings. The lowest BCUT2D eigenvalue weighted by Crippen LogP contribution is -2.24. The van der Waals surface area contributed by atoms with E-state index in [-0.39, 0.29) is 5.96 Å². The molecular weight excluding hydrogens is 152 g/mol. The summed E-state index contributed by atoms with van der Waals surface area (Å²) in [5.74, 6) is 0.205. The molecule has 0 amide bonds. The van der Waals surface area contributed by atoms with Crippen molar-refractivity contribution in [3.8, 4) is 0 Å². The van der Waals surface area contributed by atoms with Gasteiger partial charge in [-0.05, 0) is 38.9 Å². The Morgan fingerprint density at radius 3 is 2.50 bits per heavy atom. The van der Waals surface area contributed by atoms with E-state index < -0.39 is 0 Å². The molecule has 1 heterocycles. The van der Waals surface area contributed by atoms with Gasteiger partial charge in [0.05, 0.1) is 0 Å². The number of nitrogens with zero attached hydrogens (tertiary/aromatic N) is 2. The molecule has 1 aliphatic heterocycles. The number of rotatable bonds is 4. The van der Waals surface area contributed by atoms with Crippen LogP contribution in [-0.4, -0.2) is 37.0 Å². The zero-order chi connectivity index (χ0) is 8.81. The third-order valence-corrected chi connectivity index (χ3v) is 2.13. The van der Waals surface area contributed by atoms with Crippen LogP contribution in [0.4, 0.5) is 0 Å². The second kappa shape index (κ2) is 4.98. The highest BCUT2D eigenvalue weighted by Gasteiger charge is 2.09. The summed E-state index contributed by atoms with van der Waals surface area (Å²) in [4.78, 5) is 6.39. The summed E-state index contributed by atoms with van der Waals surface area (Å²) in [7, 11) is 0. The van der Waals surface area contributed by atoms with Gasteiger partial charge in [0.25, 0.3) is 0 Å². The van der Waals surface area contributed by atoms with E-state index in [1.165, 1.54) is 25.9 Å². The van der Waals surface area contributed by atoms with Gasteiger partial charge in [0.1, 0.15) is 0 Å². The van der Waals surface area contributed by atoms with Gasteiger partial charge in [-0.2, -0.15) is 0 Å². The Morgan fingerprint density at radius 2 is 1.92 bits per heavy atom. The Bertz CT molecular complexity index is 145. The van der Waals surface area contributed by atoms with Crippen LogP contribution < -0.4 is 11.5 Å². The molecule has 1 saturated heterocycles. The summed E-state index contributed by atoms with van der Waals surface area (Å²) < 4.78 is 0. The van der Waals surface area contributed by atoms with E-state index in [0.717, 1.165) is 19.5 Å². The Morgan fingerprint density at radius 1 is 1.25 bits per heavy atom. The van der Waals surface area contributed by atoms with Crippen molar-refractivity contribution in [3.05, 3.63) is 0 Å². The van der Waals surface area contributed by atoms with Crippen molar-refractivity contribution in [2.45, 2.75) is 19.3 Å². The largest absolute Gasteiger partial charge is 0.370 e. The van der Waals surface area contributed by atoms with Gasteiger partial charge in [-0.25, -0.2) is 0 Å². The van der Waals surface area contributed by atoms with Gasteiger partial charge in [0.2, 0.25) is 0 Å². The maximum absolute atomic E-state index is 5.20. The predicted octanol–water partition coefficient (Wildman–Crippen LogP) is -0.254. The van der Waals surface area contributed by atoms with Crippen LogP contribution in [0, 0.1) is 0 Å². The van der Waals surface area contributed by atoms with Gasteiger partial charge >= 0.3 is 0 Å². The Balaban J connectivity index is 1.98. The summed E-state index contributed by atoms with van der Waals surface area (Å²) >= 11 is 0. The summed E-state index contributed by atoms with van der Waals surface area (Å²) in [6.45, 7) is 4.40. The summed E-state index contributed by atoms with van der Waals surface area (Å²) in [5.41, 5.74) is 10.4. The minimum absolute atomic E-state index is 0.205. The van der Waals surface area contributed by atoms with Crippen LogP contribution in [0.25, 0.3) is 0 Å². The fraction of sp³-hybridized carbons (Fsp3) is 0.875. The summed E-state index contributed by atoms with van der Waals surface area (Å²) in [6.07, 6.45) is 3.77. The molecular formula is C8H18N4. The van der Waals surface area contributed by atoms with E-state index >= 15 is 0 Å². The quantitative estimate of drug-likeness (QED) is 0.347. The first-order valence-electron chi connectivity index (χ1n) is 4.57. The van der Waals surface area contributed by atoms with E-state index in [4.69, 9.17) is 11.5 Å². The Kier molecular flexibility index (Phi) is 3.87. The Labute approximate surface area is 73.6 Å². The normalized spacial score (nSPS) is 18.0. The minimum Gasteiger partial charge on any atom is -0.370 e. The SMILES string of the molecule is NC(N)=NCCCN1CCCC1. The number of likely N-dealkylation sites (tertiary alicyclic amines) is 1. The predicted molar refractivity (Wildman–Crippen MR) is 51.0 cm³/mol. The monoisotopic (exact) mass is 170 g/mol. The van der Waals surface area contributed by atoms with Crippen LogP contribution in [0.1, 0.15) is 19.3 Å². The second-order valence-electron chi connectivity index (χ2n) is 3.21. The first-order chi connectivity index (χ1) is 5.79. The van der Waals surface area contributed by atoms with Crippen molar-refractivity contribution in [3.63, 3.8) is 0 Å². The van der Waals surface area contributed by atoms with Crippen molar-refractivity contribution in [1.29, 1.82) is 0 Å². The van der Waals surface area contributed by atoms with Crippen molar-refractivity contribution in [1.82, 2.24) is 4.90 Å². The van der Waals surface area contributed by atoms with E-state index in [0.29, 0.717) is 0 Å². The molecule has 0 radical (unpaired) electrons. The summed E-state index contributed by atoms with van der Waals surface area (Å²) in [6, 6.07) is 0. The molecule has 0 saturated carbocycles. The maximum atomic E-state index is 5.20. The van der Waals surface area contributed by atoms with Gasteiger partial charge in [0.15, 0.2) is 5.96 Å². The van der Waals surface area contributed by atoms with E-state index in [1.54, 1.807) is 0 Å². The molecule has 0 aliphatic carbocycles. The van der Waals surface area contributed by atoms with E-state index in [9.17, 15) is 0 Å². The lowest BCUT2D eigenvalue weighted by Gasteiger charge is -2.12. The number of hydrogen-bond donors (Lipinski definition) is 2. The van der Waals surface area contributed by atoms with Crippen LogP contribution in [0.5, 0.6) is 0 Å². The zero-order valence-corrected chi connectivity index (χ0v) is 7.50. The smallest absolute Gasteiger partial charge is 0.185 e. The molecule has 0 unspecified atom stereocenters. The third kappa shape index (κ3) is 3.57. The van der Waals surface area contributed by atoms with Crippen molar-refractivity contribution in [2.24, 2.45) is 16.5 Å². The molecule has 4 heteroatoms. The molecule has 12 heavy (non-hydrogen) atoms. The fourth-order valence-corrected chi connectivity index (χ4v) is 1.51. The highest BCUT2D eigenvalue weighted by atomic mass is 15.1. The lowest BCUT2D eigenvalue weighted by molar-refractivity contribution is 0.336. The van der Waals surface area contributed by atoms with Crippen LogP contribution in [-0.2, 0) is 0 Å². The fourth-order valence-electron chi connectivity index (χ4n) is 1.51. The van der Waals surface area contributed by atoms with Crippen molar-refractivity contribution < 1.29 is 0 Å². The van der Waals surface area contributed by atoms with Crippen LogP contribution in [0.2, 0.25) is 0 Å². The molecule has 4 nitrogen and oxygen atoms in total. The molecule has 4 N–H and O–H groups in total. The van der Waals surface area contributed by atoms with Crippen molar-refractivity contribution in [2.75, 3.05) is 26.2 Å². The minimum atomic E-state index is 0.205. The van der Waals surface area contributed by atoms with Gasteiger partial charge in [0, 0.05) is 6.54 Å². The van der Waals surface area contributed by atoms with Gasteiger partial charge in [-0.1, -0.05) is 0 Å². The van der Waals surface area contributed by atoms with Gasteiger partial charge in [-0.15, -0.1) is 0 Å². The molecule has 0 spiro atoms.